The van der Waals surface area contributed by atoms with Gasteiger partial charge in [-0.05, 0) is 37.8 Å². The number of aryl methyl sites for hydroxylation is 1. The minimum Gasteiger partial charge on any atom is -0.396 e. The van der Waals surface area contributed by atoms with Crippen molar-refractivity contribution in [3.05, 3.63) is 29.8 Å². The first-order valence-corrected chi connectivity index (χ1v) is 8.71. The molecule has 0 saturated carbocycles. The van der Waals surface area contributed by atoms with Crippen molar-refractivity contribution in [2.45, 2.75) is 44.4 Å². The zero-order chi connectivity index (χ0) is 15.5. The summed E-state index contributed by atoms with van der Waals surface area (Å²) in [5.41, 5.74) is 1.25. The van der Waals surface area contributed by atoms with Crippen LogP contribution in [0.2, 0.25) is 0 Å². The van der Waals surface area contributed by atoms with Crippen LogP contribution in [0.5, 0.6) is 0 Å². The fraction of sp³-hybridized carbons (Fsp3) is 0.588. The number of hydrogen-bond donors (Lipinski definition) is 2. The molecule has 0 radical (unpaired) electrons. The van der Waals surface area contributed by atoms with Gasteiger partial charge in [0, 0.05) is 30.2 Å². The first-order valence-electron chi connectivity index (χ1n) is 7.72. The number of aliphatic hydroxyl groups is 1. The normalized spacial score (nSPS) is 12.1. The molecule has 0 aliphatic carbocycles. The lowest BCUT2D eigenvalue weighted by Gasteiger charge is -2.15. The predicted octanol–water partition coefficient (Wildman–Crippen LogP) is 3.39. The van der Waals surface area contributed by atoms with Crippen molar-refractivity contribution in [1.82, 2.24) is 5.32 Å². The molecule has 0 fully saturated rings. The molecule has 0 aliphatic heterocycles. The molecule has 0 aliphatic rings. The van der Waals surface area contributed by atoms with E-state index >= 15 is 0 Å². The summed E-state index contributed by atoms with van der Waals surface area (Å²) < 4.78 is 0. The number of nitrogens with one attached hydrogen (secondary N) is 1. The first kappa shape index (κ1) is 18.1. The van der Waals surface area contributed by atoms with Crippen molar-refractivity contribution in [3.8, 4) is 0 Å². The number of benzene rings is 1. The van der Waals surface area contributed by atoms with E-state index in [9.17, 15) is 4.79 Å². The van der Waals surface area contributed by atoms with E-state index in [2.05, 4.69) is 43.4 Å². The van der Waals surface area contributed by atoms with Gasteiger partial charge < -0.3 is 10.4 Å². The van der Waals surface area contributed by atoms with Crippen LogP contribution < -0.4 is 5.32 Å². The maximum absolute atomic E-state index is 11.8. The average molecular weight is 309 g/mol. The summed E-state index contributed by atoms with van der Waals surface area (Å²) >= 11 is 1.71. The van der Waals surface area contributed by atoms with Crippen LogP contribution in [-0.2, 0) is 4.79 Å². The Morgan fingerprint density at radius 3 is 2.62 bits per heavy atom. The van der Waals surface area contributed by atoms with Crippen molar-refractivity contribution in [3.63, 3.8) is 0 Å². The molecule has 1 unspecified atom stereocenters. The van der Waals surface area contributed by atoms with Crippen molar-refractivity contribution < 1.29 is 9.90 Å². The van der Waals surface area contributed by atoms with Gasteiger partial charge in [0.2, 0.25) is 5.91 Å². The molecule has 0 spiro atoms. The summed E-state index contributed by atoms with van der Waals surface area (Å²) in [7, 11) is 0. The molecular formula is C17H27NO2S. The molecular weight excluding hydrogens is 282 g/mol. The van der Waals surface area contributed by atoms with Crippen LogP contribution >= 0.6 is 11.8 Å². The molecule has 1 rings (SSSR count). The molecule has 4 heteroatoms. The van der Waals surface area contributed by atoms with E-state index in [1.54, 1.807) is 11.8 Å². The highest BCUT2D eigenvalue weighted by atomic mass is 32.2. The molecule has 1 aromatic carbocycles. The zero-order valence-electron chi connectivity index (χ0n) is 13.1. The van der Waals surface area contributed by atoms with E-state index < -0.39 is 0 Å². The standard InChI is InChI=1S/C17H27NO2S/c1-3-4-15(9-11-19)13-18-17(20)10-12-21-16-7-5-14(2)6-8-16/h5-8,15,19H,3-4,9-13H2,1-2H3,(H,18,20). The van der Waals surface area contributed by atoms with Gasteiger partial charge in [-0.15, -0.1) is 11.8 Å². The summed E-state index contributed by atoms with van der Waals surface area (Å²) in [6.07, 6.45) is 3.45. The fourth-order valence-electron chi connectivity index (χ4n) is 2.18. The van der Waals surface area contributed by atoms with Crippen molar-refractivity contribution in [2.75, 3.05) is 18.9 Å². The highest BCUT2D eigenvalue weighted by Gasteiger charge is 2.09. The van der Waals surface area contributed by atoms with Gasteiger partial charge in [0.25, 0.3) is 0 Å². The lowest BCUT2D eigenvalue weighted by Crippen LogP contribution is -2.29. The lowest BCUT2D eigenvalue weighted by atomic mass is 10.0. The molecule has 0 aromatic heterocycles. The molecule has 118 valence electrons. The third kappa shape index (κ3) is 8.12. The molecule has 0 bridgehead atoms. The predicted molar refractivity (Wildman–Crippen MR) is 89.6 cm³/mol. The van der Waals surface area contributed by atoms with Crippen molar-refractivity contribution in [1.29, 1.82) is 0 Å². The second-order valence-electron chi connectivity index (χ2n) is 5.38. The minimum absolute atomic E-state index is 0.105. The van der Waals surface area contributed by atoms with E-state index in [-0.39, 0.29) is 12.5 Å². The number of carbonyl (C=O) groups is 1. The minimum atomic E-state index is 0.105. The van der Waals surface area contributed by atoms with E-state index in [0.717, 1.165) is 25.0 Å². The van der Waals surface area contributed by atoms with Gasteiger partial charge in [-0.3, -0.25) is 4.79 Å². The highest BCUT2D eigenvalue weighted by molar-refractivity contribution is 7.99. The SMILES string of the molecule is CCCC(CCO)CNC(=O)CCSc1ccc(C)cc1. The second kappa shape index (κ2) is 10.7. The van der Waals surface area contributed by atoms with E-state index in [1.165, 1.54) is 10.5 Å². The third-order valence-electron chi connectivity index (χ3n) is 3.44. The second-order valence-corrected chi connectivity index (χ2v) is 6.55. The number of hydrogen-bond acceptors (Lipinski definition) is 3. The molecule has 0 saturated heterocycles. The van der Waals surface area contributed by atoms with Gasteiger partial charge >= 0.3 is 0 Å². The smallest absolute Gasteiger partial charge is 0.220 e. The van der Waals surface area contributed by atoms with Crippen LogP contribution in [0.3, 0.4) is 0 Å². The number of rotatable bonds is 10. The van der Waals surface area contributed by atoms with Crippen molar-refractivity contribution >= 4 is 17.7 Å². The van der Waals surface area contributed by atoms with Gasteiger partial charge in [-0.1, -0.05) is 31.0 Å². The topological polar surface area (TPSA) is 49.3 Å². The van der Waals surface area contributed by atoms with E-state index in [0.29, 0.717) is 18.9 Å². The summed E-state index contributed by atoms with van der Waals surface area (Å²) in [6, 6.07) is 8.37. The summed E-state index contributed by atoms with van der Waals surface area (Å²) in [5.74, 6) is 1.30. The van der Waals surface area contributed by atoms with Gasteiger partial charge in [-0.25, -0.2) is 0 Å². The summed E-state index contributed by atoms with van der Waals surface area (Å²) in [6.45, 7) is 5.08. The summed E-state index contributed by atoms with van der Waals surface area (Å²) in [5, 5.41) is 12.0. The Morgan fingerprint density at radius 2 is 2.00 bits per heavy atom. The lowest BCUT2D eigenvalue weighted by molar-refractivity contribution is -0.120. The van der Waals surface area contributed by atoms with Crippen LogP contribution in [0.4, 0.5) is 0 Å². The highest BCUT2D eigenvalue weighted by Crippen LogP contribution is 2.19. The van der Waals surface area contributed by atoms with E-state index in [1.807, 2.05) is 0 Å². The molecule has 0 heterocycles. The van der Waals surface area contributed by atoms with Crippen LogP contribution in [0.1, 0.15) is 38.2 Å². The third-order valence-corrected chi connectivity index (χ3v) is 4.45. The number of amides is 1. The van der Waals surface area contributed by atoms with E-state index in [4.69, 9.17) is 5.11 Å². The monoisotopic (exact) mass is 309 g/mol. The number of aliphatic hydroxyl groups excluding tert-OH is 1. The Morgan fingerprint density at radius 1 is 1.29 bits per heavy atom. The fourth-order valence-corrected chi connectivity index (χ4v) is 3.03. The molecule has 2 N–H and O–H groups in total. The Bertz CT molecular complexity index is 400. The largest absolute Gasteiger partial charge is 0.396 e. The maximum Gasteiger partial charge on any atom is 0.220 e. The Hall–Kier alpha value is -1.00. The van der Waals surface area contributed by atoms with Gasteiger partial charge in [0.05, 0.1) is 0 Å². The van der Waals surface area contributed by atoms with Crippen LogP contribution in [0.25, 0.3) is 0 Å². The molecule has 3 nitrogen and oxygen atoms in total. The first-order chi connectivity index (χ1) is 10.2. The Kier molecular flexibility index (Phi) is 9.19. The van der Waals surface area contributed by atoms with Crippen LogP contribution in [-0.4, -0.2) is 29.9 Å². The van der Waals surface area contributed by atoms with Gasteiger partial charge in [0.15, 0.2) is 0 Å². The van der Waals surface area contributed by atoms with Crippen molar-refractivity contribution in [2.24, 2.45) is 5.92 Å². The molecule has 21 heavy (non-hydrogen) atoms. The van der Waals surface area contributed by atoms with Gasteiger partial charge in [-0.2, -0.15) is 0 Å². The maximum atomic E-state index is 11.8. The Balaban J connectivity index is 2.19. The number of thioether (sulfide) groups is 1. The molecule has 1 amide bonds. The quantitative estimate of drug-likeness (QED) is 0.651. The van der Waals surface area contributed by atoms with Gasteiger partial charge in [0.1, 0.15) is 0 Å². The Labute approximate surface area is 132 Å². The average Bonchev–Trinajstić information content (AvgIpc) is 2.47. The molecule has 1 atom stereocenters. The summed E-state index contributed by atoms with van der Waals surface area (Å²) in [4.78, 5) is 13.0. The number of carbonyl (C=O) groups excluding carboxylic acids is 1. The zero-order valence-corrected chi connectivity index (χ0v) is 13.9. The van der Waals surface area contributed by atoms with Crippen LogP contribution in [0, 0.1) is 12.8 Å². The molecule has 1 aromatic rings. The van der Waals surface area contributed by atoms with Crippen LogP contribution in [0.15, 0.2) is 29.2 Å².